The van der Waals surface area contributed by atoms with Gasteiger partial charge in [0.05, 0.1) is 6.23 Å². The van der Waals surface area contributed by atoms with E-state index < -0.39 is 8.07 Å². The van der Waals surface area contributed by atoms with Crippen LogP contribution in [0.5, 0.6) is 11.5 Å². The highest BCUT2D eigenvalue weighted by molar-refractivity contribution is 6.89. The molecule has 0 atom stereocenters. The van der Waals surface area contributed by atoms with Crippen molar-refractivity contribution in [2.24, 2.45) is 0 Å². The van der Waals surface area contributed by atoms with E-state index >= 15 is 0 Å². The highest BCUT2D eigenvalue weighted by Gasteiger charge is 2.30. The highest BCUT2D eigenvalue weighted by Crippen LogP contribution is 2.41. The lowest BCUT2D eigenvalue weighted by Crippen LogP contribution is -2.47. The Morgan fingerprint density at radius 1 is 0.862 bits per heavy atom. The molecule has 3 nitrogen and oxygen atoms in total. The molecule has 0 bridgehead atoms. The van der Waals surface area contributed by atoms with Crippen LogP contribution in [0.2, 0.25) is 13.1 Å². The lowest BCUT2D eigenvalue weighted by atomic mass is 9.81. The van der Waals surface area contributed by atoms with Gasteiger partial charge in [-0.15, -0.1) is 0 Å². The molecule has 0 aliphatic carbocycles. The van der Waals surface area contributed by atoms with E-state index in [1.165, 1.54) is 12.1 Å². The van der Waals surface area contributed by atoms with Crippen molar-refractivity contribution < 1.29 is 14.3 Å². The molecule has 2 rings (SSSR count). The van der Waals surface area contributed by atoms with Crippen LogP contribution in [-0.4, -0.2) is 20.3 Å². The normalized spacial score (nSPS) is 12.6. The van der Waals surface area contributed by atoms with Gasteiger partial charge in [0.25, 0.3) is 0 Å². The van der Waals surface area contributed by atoms with Gasteiger partial charge >= 0.3 is 5.97 Å². The molecule has 2 aromatic carbocycles. The Kier molecular flexibility index (Phi) is 6.68. The van der Waals surface area contributed by atoms with Crippen molar-refractivity contribution in [2.75, 3.05) is 6.23 Å². The molecule has 0 unspecified atom stereocenters. The molecule has 0 aliphatic heterocycles. The van der Waals surface area contributed by atoms with Gasteiger partial charge in [-0.1, -0.05) is 90.2 Å². The van der Waals surface area contributed by atoms with Crippen molar-refractivity contribution in [3.63, 3.8) is 0 Å². The second-order valence-corrected chi connectivity index (χ2v) is 15.1. The summed E-state index contributed by atoms with van der Waals surface area (Å²) < 4.78 is 12.1. The average Bonchev–Trinajstić information content (AvgIpc) is 2.59. The zero-order valence-corrected chi connectivity index (χ0v) is 20.5. The second-order valence-electron chi connectivity index (χ2n) is 10.5. The Bertz CT molecular complexity index is 856. The van der Waals surface area contributed by atoms with E-state index in [0.29, 0.717) is 12.0 Å². The monoisotopic (exact) mass is 412 g/mol. The summed E-state index contributed by atoms with van der Waals surface area (Å²) in [6.45, 7) is 18.9. The third-order valence-electron chi connectivity index (χ3n) is 5.10. The number of hydrogen-bond donors (Lipinski definition) is 0. The lowest BCUT2D eigenvalue weighted by Gasteiger charge is -2.30. The number of esters is 1. The molecular weight excluding hydrogens is 376 g/mol. The van der Waals surface area contributed by atoms with E-state index in [0.717, 1.165) is 16.9 Å². The van der Waals surface area contributed by atoms with Gasteiger partial charge in [-0.05, 0) is 23.0 Å². The topological polar surface area (TPSA) is 35.5 Å². The molecule has 0 fully saturated rings. The van der Waals surface area contributed by atoms with Crippen LogP contribution in [0.15, 0.2) is 42.5 Å². The SMILES string of the molecule is CC(=O)Oc1cc(C(C)(C)C)c(OC[Si](C)(C)c2ccccc2)cc1C(C)(C)C. The number of rotatable bonds is 5. The third-order valence-corrected chi connectivity index (χ3v) is 7.86. The molecule has 0 saturated heterocycles. The predicted molar refractivity (Wildman–Crippen MR) is 124 cm³/mol. The molecule has 0 heterocycles. The van der Waals surface area contributed by atoms with Crippen LogP contribution in [0.1, 0.15) is 59.6 Å². The molecule has 0 saturated carbocycles. The molecule has 0 aromatic heterocycles. The van der Waals surface area contributed by atoms with Crippen molar-refractivity contribution >= 4 is 19.2 Å². The van der Waals surface area contributed by atoms with E-state index in [9.17, 15) is 4.79 Å². The van der Waals surface area contributed by atoms with Gasteiger partial charge in [0.1, 0.15) is 19.6 Å². The Labute approximate surface area is 177 Å². The van der Waals surface area contributed by atoms with Crippen molar-refractivity contribution in [2.45, 2.75) is 72.4 Å². The van der Waals surface area contributed by atoms with Gasteiger partial charge in [0.2, 0.25) is 0 Å². The zero-order valence-electron chi connectivity index (χ0n) is 19.5. The fraction of sp³-hybridized carbons (Fsp3) is 0.480. The summed E-state index contributed by atoms with van der Waals surface area (Å²) in [5.41, 5.74) is 1.72. The minimum Gasteiger partial charge on any atom is -0.496 e. The van der Waals surface area contributed by atoms with Crippen molar-refractivity contribution in [3.05, 3.63) is 53.6 Å². The van der Waals surface area contributed by atoms with Crippen LogP contribution in [0, 0.1) is 0 Å². The number of hydrogen-bond acceptors (Lipinski definition) is 3. The number of ether oxygens (including phenoxy) is 2. The summed E-state index contributed by atoms with van der Waals surface area (Å²) in [6.07, 6.45) is 0.691. The largest absolute Gasteiger partial charge is 0.496 e. The summed E-state index contributed by atoms with van der Waals surface area (Å²) in [7, 11) is -1.75. The molecule has 0 amide bonds. The van der Waals surface area contributed by atoms with E-state index in [-0.39, 0.29) is 16.8 Å². The highest BCUT2D eigenvalue weighted by atomic mass is 28.3. The van der Waals surface area contributed by atoms with Crippen molar-refractivity contribution in [3.8, 4) is 11.5 Å². The molecule has 0 radical (unpaired) electrons. The smallest absolute Gasteiger partial charge is 0.308 e. The van der Waals surface area contributed by atoms with Gasteiger partial charge in [0, 0.05) is 18.1 Å². The van der Waals surface area contributed by atoms with Crippen LogP contribution >= 0.6 is 0 Å². The minimum atomic E-state index is -1.75. The Hall–Kier alpha value is -2.07. The molecule has 158 valence electrons. The van der Waals surface area contributed by atoms with E-state index in [1.807, 2.05) is 6.07 Å². The second kappa shape index (κ2) is 8.35. The van der Waals surface area contributed by atoms with Crippen LogP contribution in [-0.2, 0) is 15.6 Å². The summed E-state index contributed by atoms with van der Waals surface area (Å²) >= 11 is 0. The standard InChI is InChI=1S/C25H36O3Si/c1-18(26)28-23-16-20(24(2,3)4)22(15-21(23)25(5,6)7)27-17-29(8,9)19-13-11-10-12-14-19/h10-16H,17H2,1-9H3. The third kappa shape index (κ3) is 5.95. The maximum Gasteiger partial charge on any atom is 0.308 e. The quantitative estimate of drug-likeness (QED) is 0.357. The molecule has 2 aromatic rings. The van der Waals surface area contributed by atoms with Gasteiger partial charge < -0.3 is 9.47 Å². The molecule has 4 heteroatoms. The lowest BCUT2D eigenvalue weighted by molar-refractivity contribution is -0.131. The van der Waals surface area contributed by atoms with E-state index in [2.05, 4.69) is 91.0 Å². The first-order valence-electron chi connectivity index (χ1n) is 10.3. The van der Waals surface area contributed by atoms with Crippen LogP contribution in [0.4, 0.5) is 0 Å². The molecular formula is C25H36O3Si. The van der Waals surface area contributed by atoms with E-state index in [1.54, 1.807) is 0 Å². The first-order chi connectivity index (χ1) is 13.2. The van der Waals surface area contributed by atoms with E-state index in [4.69, 9.17) is 9.47 Å². The van der Waals surface area contributed by atoms with Crippen LogP contribution < -0.4 is 14.7 Å². The van der Waals surface area contributed by atoms with Crippen molar-refractivity contribution in [1.29, 1.82) is 0 Å². The Morgan fingerprint density at radius 3 is 1.83 bits per heavy atom. The van der Waals surface area contributed by atoms with Gasteiger partial charge in [-0.2, -0.15) is 0 Å². The van der Waals surface area contributed by atoms with Gasteiger partial charge in [-0.25, -0.2) is 0 Å². The zero-order chi connectivity index (χ0) is 22.0. The maximum absolute atomic E-state index is 11.7. The predicted octanol–water partition coefficient (Wildman–Crippen LogP) is 5.74. The van der Waals surface area contributed by atoms with Crippen LogP contribution in [0.25, 0.3) is 0 Å². The van der Waals surface area contributed by atoms with Crippen molar-refractivity contribution in [1.82, 2.24) is 0 Å². The molecule has 29 heavy (non-hydrogen) atoms. The summed E-state index contributed by atoms with van der Waals surface area (Å²) in [5.74, 6) is 1.21. The average molecular weight is 413 g/mol. The van der Waals surface area contributed by atoms with Gasteiger partial charge in [0.15, 0.2) is 0 Å². The molecule has 0 N–H and O–H groups in total. The first-order valence-corrected chi connectivity index (χ1v) is 13.5. The van der Waals surface area contributed by atoms with Crippen LogP contribution in [0.3, 0.4) is 0 Å². The summed E-state index contributed by atoms with van der Waals surface area (Å²) in [5, 5.41) is 1.38. The summed E-state index contributed by atoms with van der Waals surface area (Å²) in [6, 6.07) is 14.7. The molecule has 0 spiro atoms. The minimum absolute atomic E-state index is 0.140. The molecule has 0 aliphatic rings. The number of carbonyl (C=O) groups is 1. The number of benzene rings is 2. The van der Waals surface area contributed by atoms with Gasteiger partial charge in [-0.3, -0.25) is 4.79 Å². The fourth-order valence-corrected chi connectivity index (χ4v) is 5.10. The first kappa shape index (κ1) is 23.2. The number of carbonyl (C=O) groups excluding carboxylic acids is 1. The summed E-state index contributed by atoms with van der Waals surface area (Å²) in [4.78, 5) is 11.7. The Balaban J connectivity index is 2.50. The Morgan fingerprint density at radius 2 is 1.34 bits per heavy atom. The fourth-order valence-electron chi connectivity index (χ4n) is 3.32. The maximum atomic E-state index is 11.7.